The molecule has 124 valence electrons. The Hall–Kier alpha value is -1.00. The van der Waals surface area contributed by atoms with E-state index in [9.17, 15) is 4.79 Å². The van der Waals surface area contributed by atoms with Gasteiger partial charge in [0, 0.05) is 21.8 Å². The van der Waals surface area contributed by atoms with E-state index in [0.717, 1.165) is 43.5 Å². The molecule has 0 unspecified atom stereocenters. The maximum absolute atomic E-state index is 12.0. The Bertz CT molecular complexity index is 480. The number of carbonyl (C=O) groups is 1. The molecule has 3 nitrogen and oxygen atoms in total. The number of amides is 1. The first-order valence-corrected chi connectivity index (χ1v) is 8.93. The molecule has 0 aliphatic heterocycles. The van der Waals surface area contributed by atoms with Crippen LogP contribution in [0.3, 0.4) is 0 Å². The number of aryl methyl sites for hydroxylation is 1. The van der Waals surface area contributed by atoms with E-state index in [2.05, 4.69) is 38.2 Å². The van der Waals surface area contributed by atoms with E-state index in [4.69, 9.17) is 5.73 Å². The normalized spacial score (nSPS) is 11.5. The number of carbonyl (C=O) groups excluding carboxylic acids is 1. The molecule has 0 saturated heterocycles. The van der Waals surface area contributed by atoms with E-state index in [1.807, 2.05) is 24.8 Å². The monoisotopic (exact) mass is 322 g/mol. The van der Waals surface area contributed by atoms with Gasteiger partial charge in [-0.25, -0.2) is 0 Å². The van der Waals surface area contributed by atoms with Crippen molar-refractivity contribution < 1.29 is 4.79 Å². The van der Waals surface area contributed by atoms with Crippen LogP contribution in [0.25, 0.3) is 0 Å². The van der Waals surface area contributed by atoms with Crippen molar-refractivity contribution in [3.63, 3.8) is 0 Å². The Labute approximate surface area is 139 Å². The van der Waals surface area contributed by atoms with E-state index in [1.54, 1.807) is 0 Å². The molecule has 22 heavy (non-hydrogen) atoms. The van der Waals surface area contributed by atoms with Crippen LogP contribution in [0.2, 0.25) is 0 Å². The number of anilines is 1. The third-order valence-electron chi connectivity index (χ3n) is 3.25. The van der Waals surface area contributed by atoms with Gasteiger partial charge in [0.2, 0.25) is 5.91 Å². The van der Waals surface area contributed by atoms with Crippen LogP contribution in [0.15, 0.2) is 23.1 Å². The molecule has 0 heterocycles. The molecule has 1 aromatic rings. The number of rotatable bonds is 8. The molecular formula is C18H30N2OS. The minimum atomic E-state index is 0.104. The van der Waals surface area contributed by atoms with Crippen molar-refractivity contribution in [1.29, 1.82) is 0 Å². The summed E-state index contributed by atoms with van der Waals surface area (Å²) in [5.74, 6) is 0.104. The molecule has 1 aromatic carbocycles. The first kappa shape index (κ1) is 19.0. The fourth-order valence-corrected chi connectivity index (χ4v) is 3.27. The van der Waals surface area contributed by atoms with E-state index < -0.39 is 0 Å². The first-order chi connectivity index (χ1) is 10.3. The largest absolute Gasteiger partial charge is 0.330 e. The summed E-state index contributed by atoms with van der Waals surface area (Å²) in [7, 11) is 0. The third-order valence-corrected chi connectivity index (χ3v) is 4.36. The van der Waals surface area contributed by atoms with Crippen LogP contribution in [0.4, 0.5) is 5.69 Å². The number of hydrogen-bond donors (Lipinski definition) is 2. The molecule has 0 saturated carbocycles. The number of benzene rings is 1. The molecule has 1 rings (SSSR count). The molecule has 0 radical (unpaired) electrons. The van der Waals surface area contributed by atoms with E-state index >= 15 is 0 Å². The lowest BCUT2D eigenvalue weighted by atomic mass is 10.1. The average Bonchev–Trinajstić information content (AvgIpc) is 2.40. The van der Waals surface area contributed by atoms with Crippen molar-refractivity contribution in [2.75, 3.05) is 11.9 Å². The van der Waals surface area contributed by atoms with Crippen LogP contribution in [-0.2, 0) is 4.79 Å². The van der Waals surface area contributed by atoms with Gasteiger partial charge >= 0.3 is 0 Å². The maximum atomic E-state index is 12.0. The van der Waals surface area contributed by atoms with E-state index in [0.29, 0.717) is 6.42 Å². The van der Waals surface area contributed by atoms with E-state index in [-0.39, 0.29) is 10.7 Å². The van der Waals surface area contributed by atoms with Gasteiger partial charge in [0.1, 0.15) is 0 Å². The molecule has 0 bridgehead atoms. The molecule has 0 aliphatic carbocycles. The molecule has 0 aliphatic rings. The molecule has 0 spiro atoms. The smallest absolute Gasteiger partial charge is 0.224 e. The van der Waals surface area contributed by atoms with Crippen LogP contribution in [-0.4, -0.2) is 17.2 Å². The zero-order chi connectivity index (χ0) is 16.6. The zero-order valence-corrected chi connectivity index (χ0v) is 15.2. The topological polar surface area (TPSA) is 55.1 Å². The second-order valence-corrected chi connectivity index (χ2v) is 8.59. The Kier molecular flexibility index (Phi) is 7.97. The summed E-state index contributed by atoms with van der Waals surface area (Å²) in [4.78, 5) is 13.2. The molecule has 0 fully saturated rings. The minimum absolute atomic E-state index is 0.104. The van der Waals surface area contributed by atoms with Crippen molar-refractivity contribution in [3.8, 4) is 0 Å². The number of hydrogen-bond acceptors (Lipinski definition) is 3. The van der Waals surface area contributed by atoms with E-state index in [1.165, 1.54) is 4.90 Å². The zero-order valence-electron chi connectivity index (χ0n) is 14.4. The van der Waals surface area contributed by atoms with Gasteiger partial charge in [-0.3, -0.25) is 4.79 Å². The van der Waals surface area contributed by atoms with Gasteiger partial charge in [0.25, 0.3) is 0 Å². The van der Waals surface area contributed by atoms with Crippen molar-refractivity contribution in [2.24, 2.45) is 5.73 Å². The van der Waals surface area contributed by atoms with Crippen molar-refractivity contribution in [2.45, 2.75) is 69.4 Å². The lowest BCUT2D eigenvalue weighted by Crippen LogP contribution is -2.12. The summed E-state index contributed by atoms with van der Waals surface area (Å²) >= 11 is 1.84. The highest BCUT2D eigenvalue weighted by atomic mass is 32.2. The van der Waals surface area contributed by atoms with Crippen LogP contribution in [0.1, 0.15) is 58.4 Å². The van der Waals surface area contributed by atoms with Gasteiger partial charge in [-0.2, -0.15) is 0 Å². The molecule has 0 atom stereocenters. The Morgan fingerprint density at radius 1 is 1.18 bits per heavy atom. The van der Waals surface area contributed by atoms with Gasteiger partial charge in [0.05, 0.1) is 0 Å². The Morgan fingerprint density at radius 2 is 1.86 bits per heavy atom. The van der Waals surface area contributed by atoms with Crippen LogP contribution in [0.5, 0.6) is 0 Å². The number of nitrogens with one attached hydrogen (secondary N) is 1. The van der Waals surface area contributed by atoms with Gasteiger partial charge in [0.15, 0.2) is 0 Å². The minimum Gasteiger partial charge on any atom is -0.330 e. The lowest BCUT2D eigenvalue weighted by molar-refractivity contribution is -0.116. The second-order valence-electron chi connectivity index (χ2n) is 6.69. The highest BCUT2D eigenvalue weighted by Gasteiger charge is 2.13. The number of nitrogens with two attached hydrogens (primary N) is 1. The summed E-state index contributed by atoms with van der Waals surface area (Å²) < 4.78 is 0.195. The standard InChI is InChI=1S/C18H30N2OS/c1-14-13-15(22-18(2,3)4)10-11-16(14)20-17(21)9-7-5-6-8-12-19/h10-11,13H,5-9,12,19H2,1-4H3,(H,20,21). The highest BCUT2D eigenvalue weighted by Crippen LogP contribution is 2.33. The first-order valence-electron chi connectivity index (χ1n) is 8.11. The predicted molar refractivity (Wildman–Crippen MR) is 97.6 cm³/mol. The van der Waals surface area contributed by atoms with Crippen molar-refractivity contribution in [1.82, 2.24) is 0 Å². The van der Waals surface area contributed by atoms with Crippen LogP contribution >= 0.6 is 11.8 Å². The van der Waals surface area contributed by atoms with Crippen LogP contribution < -0.4 is 11.1 Å². The van der Waals surface area contributed by atoms with Gasteiger partial charge in [-0.15, -0.1) is 11.8 Å². The van der Waals surface area contributed by atoms with Crippen LogP contribution in [0, 0.1) is 6.92 Å². The van der Waals surface area contributed by atoms with Crippen molar-refractivity contribution >= 4 is 23.4 Å². The Morgan fingerprint density at radius 3 is 2.45 bits per heavy atom. The van der Waals surface area contributed by atoms with Crippen molar-refractivity contribution in [3.05, 3.63) is 23.8 Å². The quantitative estimate of drug-likeness (QED) is 0.537. The number of unbranched alkanes of at least 4 members (excludes halogenated alkanes) is 3. The molecular weight excluding hydrogens is 292 g/mol. The lowest BCUT2D eigenvalue weighted by Gasteiger charge is -2.18. The van der Waals surface area contributed by atoms with Gasteiger partial charge in [-0.1, -0.05) is 33.6 Å². The predicted octanol–water partition coefficient (Wildman–Crippen LogP) is 4.73. The highest BCUT2D eigenvalue weighted by molar-refractivity contribution is 8.00. The van der Waals surface area contributed by atoms with Gasteiger partial charge < -0.3 is 11.1 Å². The molecule has 3 N–H and O–H groups in total. The summed E-state index contributed by atoms with van der Waals surface area (Å²) in [6.07, 6.45) is 4.76. The average molecular weight is 323 g/mol. The molecule has 1 amide bonds. The fraction of sp³-hybridized carbons (Fsp3) is 0.611. The SMILES string of the molecule is Cc1cc(SC(C)(C)C)ccc1NC(=O)CCCCCCN. The Balaban J connectivity index is 2.47. The maximum Gasteiger partial charge on any atom is 0.224 e. The summed E-state index contributed by atoms with van der Waals surface area (Å²) in [6, 6.07) is 6.24. The van der Waals surface area contributed by atoms with Gasteiger partial charge in [-0.05, 0) is 50.1 Å². The summed E-state index contributed by atoms with van der Waals surface area (Å²) in [5, 5.41) is 3.02. The second kappa shape index (κ2) is 9.21. The summed E-state index contributed by atoms with van der Waals surface area (Å²) in [5.41, 5.74) is 7.50. The fourth-order valence-electron chi connectivity index (χ4n) is 2.19. The molecule has 4 heteroatoms. The molecule has 0 aromatic heterocycles. The third kappa shape index (κ3) is 7.85. The number of thioether (sulfide) groups is 1. The summed E-state index contributed by atoms with van der Waals surface area (Å²) in [6.45, 7) is 9.39.